The number of rotatable bonds is 5. The molecule has 0 unspecified atom stereocenters. The van der Waals surface area contributed by atoms with Gasteiger partial charge >= 0.3 is 6.18 Å². The van der Waals surface area contributed by atoms with Crippen LogP contribution in [0, 0.1) is 5.92 Å². The second kappa shape index (κ2) is 7.39. The molecule has 0 atom stereocenters. The quantitative estimate of drug-likeness (QED) is 0.874. The maximum absolute atomic E-state index is 12.9. The third kappa shape index (κ3) is 4.00. The third-order valence-corrected chi connectivity index (χ3v) is 4.58. The molecule has 0 aliphatic heterocycles. The van der Waals surface area contributed by atoms with Crippen LogP contribution in [0.3, 0.4) is 0 Å². The Labute approximate surface area is 149 Å². The van der Waals surface area contributed by atoms with Crippen molar-refractivity contribution in [2.75, 3.05) is 13.7 Å². The second-order valence-electron chi connectivity index (χ2n) is 6.40. The molecule has 1 amide bonds. The standard InChI is InChI=1S/C18H20F3N3O2/c1-26-15-11-24(14-8-4-7-13(9-14)18(19,20)21)23-16(15)17(25)22-10-12-5-2-3-6-12/h4,7-9,11-12H,2-3,5-6,10H2,1H3,(H,22,25). The predicted molar refractivity (Wildman–Crippen MR) is 89.4 cm³/mol. The van der Waals surface area contributed by atoms with Gasteiger partial charge in [0, 0.05) is 6.54 Å². The molecule has 1 aromatic carbocycles. The van der Waals surface area contributed by atoms with E-state index in [9.17, 15) is 18.0 Å². The van der Waals surface area contributed by atoms with Gasteiger partial charge in [-0.05, 0) is 37.0 Å². The number of halogens is 3. The van der Waals surface area contributed by atoms with Crippen molar-refractivity contribution in [3.63, 3.8) is 0 Å². The molecule has 8 heteroatoms. The highest BCUT2D eigenvalue weighted by molar-refractivity contribution is 5.94. The summed E-state index contributed by atoms with van der Waals surface area (Å²) in [4.78, 5) is 12.4. The molecule has 140 valence electrons. The van der Waals surface area contributed by atoms with E-state index in [1.165, 1.54) is 43.0 Å². The van der Waals surface area contributed by atoms with E-state index in [-0.39, 0.29) is 23.0 Å². The fourth-order valence-corrected chi connectivity index (χ4v) is 3.16. The van der Waals surface area contributed by atoms with Crippen LogP contribution in [0.2, 0.25) is 0 Å². The van der Waals surface area contributed by atoms with Gasteiger partial charge in [0.2, 0.25) is 0 Å². The number of hydrogen-bond donors (Lipinski definition) is 1. The average Bonchev–Trinajstić information content (AvgIpc) is 3.28. The zero-order valence-corrected chi connectivity index (χ0v) is 14.3. The van der Waals surface area contributed by atoms with Crippen LogP contribution >= 0.6 is 0 Å². The van der Waals surface area contributed by atoms with Crippen molar-refractivity contribution in [1.29, 1.82) is 0 Å². The van der Waals surface area contributed by atoms with Gasteiger partial charge < -0.3 is 10.1 Å². The number of benzene rings is 1. The molecule has 0 radical (unpaired) electrons. The summed E-state index contributed by atoms with van der Waals surface area (Å²) in [6.45, 7) is 0.568. The summed E-state index contributed by atoms with van der Waals surface area (Å²) in [7, 11) is 1.39. The summed E-state index contributed by atoms with van der Waals surface area (Å²) in [6, 6.07) is 4.75. The number of aromatic nitrogens is 2. The maximum Gasteiger partial charge on any atom is 0.416 e. The topological polar surface area (TPSA) is 56.2 Å². The van der Waals surface area contributed by atoms with Crippen molar-refractivity contribution in [1.82, 2.24) is 15.1 Å². The van der Waals surface area contributed by atoms with Gasteiger partial charge in [-0.3, -0.25) is 4.79 Å². The second-order valence-corrected chi connectivity index (χ2v) is 6.40. The highest BCUT2D eigenvalue weighted by atomic mass is 19.4. The lowest BCUT2D eigenvalue weighted by Crippen LogP contribution is -2.29. The van der Waals surface area contributed by atoms with Crippen molar-refractivity contribution in [2.45, 2.75) is 31.9 Å². The zero-order chi connectivity index (χ0) is 18.7. The monoisotopic (exact) mass is 367 g/mol. The lowest BCUT2D eigenvalue weighted by atomic mass is 10.1. The molecular formula is C18H20F3N3O2. The minimum Gasteiger partial charge on any atom is -0.493 e. The maximum atomic E-state index is 12.9. The van der Waals surface area contributed by atoms with Gasteiger partial charge in [-0.15, -0.1) is 0 Å². The summed E-state index contributed by atoms with van der Waals surface area (Å²) >= 11 is 0. The average molecular weight is 367 g/mol. The van der Waals surface area contributed by atoms with Gasteiger partial charge in [0.15, 0.2) is 11.4 Å². The van der Waals surface area contributed by atoms with Crippen LogP contribution in [0.25, 0.3) is 5.69 Å². The van der Waals surface area contributed by atoms with Crippen LogP contribution in [0.1, 0.15) is 41.7 Å². The Balaban J connectivity index is 1.81. The number of methoxy groups -OCH3 is 1. The Bertz CT molecular complexity index is 780. The number of hydrogen-bond acceptors (Lipinski definition) is 3. The lowest BCUT2D eigenvalue weighted by Gasteiger charge is -2.10. The Kier molecular flexibility index (Phi) is 5.20. The van der Waals surface area contributed by atoms with Gasteiger partial charge in [-0.1, -0.05) is 18.9 Å². The van der Waals surface area contributed by atoms with Crippen LogP contribution in [0.4, 0.5) is 13.2 Å². The Morgan fingerprint density at radius 1 is 1.35 bits per heavy atom. The molecule has 26 heavy (non-hydrogen) atoms. The first-order valence-electron chi connectivity index (χ1n) is 8.48. The molecule has 1 aliphatic carbocycles. The van der Waals surface area contributed by atoms with Crippen molar-refractivity contribution in [3.8, 4) is 11.4 Å². The Hall–Kier alpha value is -2.51. The molecule has 0 spiro atoms. The van der Waals surface area contributed by atoms with E-state index < -0.39 is 11.7 Å². The van der Waals surface area contributed by atoms with Gasteiger partial charge in [-0.2, -0.15) is 18.3 Å². The number of ether oxygens (including phenoxy) is 1. The highest BCUT2D eigenvalue weighted by Crippen LogP contribution is 2.31. The van der Waals surface area contributed by atoms with Crippen LogP contribution in [-0.4, -0.2) is 29.3 Å². The smallest absolute Gasteiger partial charge is 0.416 e. The number of alkyl halides is 3. The summed E-state index contributed by atoms with van der Waals surface area (Å²) in [5, 5.41) is 6.97. The van der Waals surface area contributed by atoms with E-state index in [1.54, 1.807) is 0 Å². The molecule has 2 aromatic rings. The summed E-state index contributed by atoms with van der Waals surface area (Å²) in [5.74, 6) is 0.293. The summed E-state index contributed by atoms with van der Waals surface area (Å²) in [6.07, 6.45) is 1.49. The van der Waals surface area contributed by atoms with E-state index in [4.69, 9.17) is 4.74 Å². The number of carbonyl (C=O) groups is 1. The van der Waals surface area contributed by atoms with E-state index >= 15 is 0 Å². The van der Waals surface area contributed by atoms with Crippen LogP contribution in [0.15, 0.2) is 30.5 Å². The fourth-order valence-electron chi connectivity index (χ4n) is 3.16. The van der Waals surface area contributed by atoms with Crippen molar-refractivity contribution in [3.05, 3.63) is 41.7 Å². The van der Waals surface area contributed by atoms with Crippen molar-refractivity contribution in [2.24, 2.45) is 5.92 Å². The van der Waals surface area contributed by atoms with Gasteiger partial charge in [-0.25, -0.2) is 4.68 Å². The Morgan fingerprint density at radius 2 is 2.08 bits per heavy atom. The molecule has 0 bridgehead atoms. The van der Waals surface area contributed by atoms with E-state index in [2.05, 4.69) is 10.4 Å². The first kappa shape index (κ1) is 18.3. The summed E-state index contributed by atoms with van der Waals surface area (Å²) in [5.41, 5.74) is -0.521. The molecule has 0 saturated heterocycles. The SMILES string of the molecule is COc1cn(-c2cccc(C(F)(F)F)c2)nc1C(=O)NCC1CCCC1. The van der Waals surface area contributed by atoms with E-state index in [1.807, 2.05) is 0 Å². The minimum absolute atomic E-state index is 0.0582. The molecular weight excluding hydrogens is 347 g/mol. The van der Waals surface area contributed by atoms with Crippen LogP contribution in [-0.2, 0) is 6.18 Å². The predicted octanol–water partition coefficient (Wildman–Crippen LogP) is 3.82. The number of nitrogens with zero attached hydrogens (tertiary/aromatic N) is 2. The van der Waals surface area contributed by atoms with Gasteiger partial charge in [0.25, 0.3) is 5.91 Å². The number of amides is 1. The molecule has 5 nitrogen and oxygen atoms in total. The van der Waals surface area contributed by atoms with Gasteiger partial charge in [0.1, 0.15) is 0 Å². The highest BCUT2D eigenvalue weighted by Gasteiger charge is 2.31. The first-order valence-corrected chi connectivity index (χ1v) is 8.48. The third-order valence-electron chi connectivity index (χ3n) is 4.58. The number of nitrogens with one attached hydrogen (secondary N) is 1. The molecule has 1 N–H and O–H groups in total. The normalized spacial score (nSPS) is 15.2. The molecule has 1 heterocycles. The molecule has 3 rings (SSSR count). The lowest BCUT2D eigenvalue weighted by molar-refractivity contribution is -0.137. The Morgan fingerprint density at radius 3 is 2.73 bits per heavy atom. The molecule has 1 aromatic heterocycles. The van der Waals surface area contributed by atoms with Crippen LogP contribution in [0.5, 0.6) is 5.75 Å². The first-order chi connectivity index (χ1) is 12.4. The molecule has 1 aliphatic rings. The molecule has 1 fully saturated rings. The van der Waals surface area contributed by atoms with Crippen molar-refractivity contribution >= 4 is 5.91 Å². The van der Waals surface area contributed by atoms with Gasteiger partial charge in [0.05, 0.1) is 24.6 Å². The van der Waals surface area contributed by atoms with E-state index in [0.717, 1.165) is 25.0 Å². The number of carbonyl (C=O) groups excluding carboxylic acids is 1. The largest absolute Gasteiger partial charge is 0.493 e. The van der Waals surface area contributed by atoms with Crippen molar-refractivity contribution < 1.29 is 22.7 Å². The summed E-state index contributed by atoms with van der Waals surface area (Å²) < 4.78 is 45.1. The van der Waals surface area contributed by atoms with Crippen LogP contribution < -0.4 is 10.1 Å². The minimum atomic E-state index is -4.45. The van der Waals surface area contributed by atoms with E-state index in [0.29, 0.717) is 12.5 Å². The zero-order valence-electron chi connectivity index (χ0n) is 14.3. The fraction of sp³-hybridized carbons (Fsp3) is 0.444. The molecule has 1 saturated carbocycles.